The van der Waals surface area contributed by atoms with Crippen LogP contribution in [0.2, 0.25) is 10.0 Å². The fourth-order valence-corrected chi connectivity index (χ4v) is 4.15. The largest absolute Gasteiger partial charge is 0.350 e. The Morgan fingerprint density at radius 3 is 2.53 bits per heavy atom. The number of benzene rings is 2. The number of carbonyl (C=O) groups excluding carboxylic acids is 2. The van der Waals surface area contributed by atoms with E-state index in [1.165, 1.54) is 11.6 Å². The molecule has 2 N–H and O–H groups in total. The number of rotatable bonds is 7. The average Bonchev–Trinajstić information content (AvgIpc) is 3.13. The predicted octanol–water partition coefficient (Wildman–Crippen LogP) is 4.14. The van der Waals surface area contributed by atoms with Gasteiger partial charge in [-0.15, -0.1) is 0 Å². The number of hydrogen-bond donors (Lipinski definition) is 2. The van der Waals surface area contributed by atoms with Crippen molar-refractivity contribution < 1.29 is 9.59 Å². The van der Waals surface area contributed by atoms with Crippen molar-refractivity contribution >= 4 is 35.0 Å². The van der Waals surface area contributed by atoms with E-state index in [4.69, 9.17) is 23.2 Å². The van der Waals surface area contributed by atoms with E-state index in [0.717, 1.165) is 26.1 Å². The van der Waals surface area contributed by atoms with Crippen molar-refractivity contribution in [2.24, 2.45) is 5.92 Å². The fraction of sp³-hybridized carbons (Fsp3) is 0.391. The molecule has 2 atom stereocenters. The number of likely N-dealkylation sites (tertiary alicyclic amines) is 1. The van der Waals surface area contributed by atoms with Gasteiger partial charge in [0.2, 0.25) is 5.91 Å². The van der Waals surface area contributed by atoms with E-state index in [0.29, 0.717) is 10.6 Å². The lowest BCUT2D eigenvalue weighted by atomic mass is 10.0. The molecule has 1 aliphatic heterocycles. The van der Waals surface area contributed by atoms with Crippen LogP contribution in [0.3, 0.4) is 0 Å². The molecule has 0 spiro atoms. The van der Waals surface area contributed by atoms with Crippen molar-refractivity contribution in [1.82, 2.24) is 15.5 Å². The van der Waals surface area contributed by atoms with Gasteiger partial charge in [0.25, 0.3) is 5.91 Å². The molecule has 30 heavy (non-hydrogen) atoms. The molecule has 0 radical (unpaired) electrons. The number of nitrogens with one attached hydrogen (secondary N) is 2. The molecule has 2 amide bonds. The molecule has 3 rings (SSSR count). The first-order valence-electron chi connectivity index (χ1n) is 10.2. The predicted molar refractivity (Wildman–Crippen MR) is 121 cm³/mol. The van der Waals surface area contributed by atoms with Gasteiger partial charge >= 0.3 is 0 Å². The van der Waals surface area contributed by atoms with Crippen LogP contribution in [0.15, 0.2) is 48.5 Å². The molecule has 160 valence electrons. The standard InChI is InChI=1S/C23H27Cl2N3O2/c1-15(2)21(27-22(29)19-9-8-17(24)12-20(19)25)23(30)26-18-10-11-28(14-18)13-16-6-4-3-5-7-16/h3-9,12,15,18,21H,10-11,13-14H2,1-2H3,(H,26,30)(H,27,29)/t18-,21-/m0/s1. The Kier molecular flexibility index (Phi) is 7.75. The minimum Gasteiger partial charge on any atom is -0.350 e. The van der Waals surface area contributed by atoms with Crippen molar-refractivity contribution in [2.75, 3.05) is 13.1 Å². The lowest BCUT2D eigenvalue weighted by molar-refractivity contribution is -0.124. The van der Waals surface area contributed by atoms with Crippen molar-refractivity contribution in [3.63, 3.8) is 0 Å². The summed E-state index contributed by atoms with van der Waals surface area (Å²) in [5.74, 6) is -0.625. The van der Waals surface area contributed by atoms with Crippen LogP contribution >= 0.6 is 23.2 Å². The summed E-state index contributed by atoms with van der Waals surface area (Å²) in [7, 11) is 0. The van der Waals surface area contributed by atoms with Crippen LogP contribution in [0.1, 0.15) is 36.2 Å². The lowest BCUT2D eigenvalue weighted by Crippen LogP contribution is -2.52. The van der Waals surface area contributed by atoms with Gasteiger partial charge in [-0.1, -0.05) is 67.4 Å². The second-order valence-electron chi connectivity index (χ2n) is 8.03. The maximum absolute atomic E-state index is 12.9. The van der Waals surface area contributed by atoms with Crippen LogP contribution in [0.25, 0.3) is 0 Å². The Hall–Kier alpha value is -2.08. The van der Waals surface area contributed by atoms with Gasteiger partial charge in [-0.05, 0) is 36.1 Å². The Balaban J connectivity index is 1.57. The van der Waals surface area contributed by atoms with Crippen LogP contribution < -0.4 is 10.6 Å². The molecule has 2 aromatic rings. The summed E-state index contributed by atoms with van der Waals surface area (Å²) in [6.07, 6.45) is 0.889. The van der Waals surface area contributed by atoms with Gasteiger partial charge in [-0.25, -0.2) is 0 Å². The van der Waals surface area contributed by atoms with Crippen LogP contribution in [0.5, 0.6) is 0 Å². The third kappa shape index (κ3) is 5.97. The Labute approximate surface area is 187 Å². The average molecular weight is 448 g/mol. The number of nitrogens with zero attached hydrogens (tertiary/aromatic N) is 1. The zero-order valence-corrected chi connectivity index (χ0v) is 18.7. The van der Waals surface area contributed by atoms with Crippen LogP contribution in [-0.2, 0) is 11.3 Å². The lowest BCUT2D eigenvalue weighted by Gasteiger charge is -2.24. The van der Waals surface area contributed by atoms with E-state index in [1.807, 2.05) is 32.0 Å². The molecular formula is C23H27Cl2N3O2. The molecule has 7 heteroatoms. The molecule has 1 aliphatic rings. The highest BCUT2D eigenvalue weighted by molar-refractivity contribution is 6.36. The number of amides is 2. The smallest absolute Gasteiger partial charge is 0.253 e. The third-order valence-electron chi connectivity index (χ3n) is 5.28. The van der Waals surface area contributed by atoms with E-state index in [1.54, 1.807) is 12.1 Å². The second kappa shape index (κ2) is 10.3. The summed E-state index contributed by atoms with van der Waals surface area (Å²) in [5.41, 5.74) is 1.56. The van der Waals surface area contributed by atoms with Crippen molar-refractivity contribution in [2.45, 2.75) is 38.9 Å². The summed E-state index contributed by atoms with van der Waals surface area (Å²) >= 11 is 12.0. The summed E-state index contributed by atoms with van der Waals surface area (Å²) in [4.78, 5) is 27.9. The van der Waals surface area contributed by atoms with Gasteiger partial charge in [0.1, 0.15) is 6.04 Å². The maximum Gasteiger partial charge on any atom is 0.253 e. The molecule has 0 bridgehead atoms. The summed E-state index contributed by atoms with van der Waals surface area (Å²) in [6.45, 7) is 6.41. The quantitative estimate of drug-likeness (QED) is 0.670. The first-order chi connectivity index (χ1) is 14.3. The third-order valence-corrected chi connectivity index (χ3v) is 5.83. The Morgan fingerprint density at radius 2 is 1.87 bits per heavy atom. The SMILES string of the molecule is CC(C)[C@H](NC(=O)c1ccc(Cl)cc1Cl)C(=O)N[C@H]1CCN(Cc2ccccc2)C1. The van der Waals surface area contributed by atoms with Gasteiger partial charge in [0, 0.05) is 30.7 Å². The highest BCUT2D eigenvalue weighted by Gasteiger charge is 2.30. The molecule has 0 aliphatic carbocycles. The van der Waals surface area contributed by atoms with E-state index < -0.39 is 6.04 Å². The van der Waals surface area contributed by atoms with E-state index >= 15 is 0 Å². The first kappa shape index (κ1) is 22.6. The molecule has 0 unspecified atom stereocenters. The molecular weight excluding hydrogens is 421 g/mol. The van der Waals surface area contributed by atoms with Gasteiger partial charge in [0.15, 0.2) is 0 Å². The van der Waals surface area contributed by atoms with E-state index in [9.17, 15) is 9.59 Å². The molecule has 0 aromatic heterocycles. The first-order valence-corrected chi connectivity index (χ1v) is 10.9. The summed E-state index contributed by atoms with van der Waals surface area (Å²) in [5, 5.41) is 6.65. The molecule has 1 heterocycles. The summed E-state index contributed by atoms with van der Waals surface area (Å²) < 4.78 is 0. The van der Waals surface area contributed by atoms with Gasteiger partial charge in [-0.3, -0.25) is 14.5 Å². The topological polar surface area (TPSA) is 61.4 Å². The minimum atomic E-state index is -0.646. The van der Waals surface area contributed by atoms with E-state index in [-0.39, 0.29) is 28.8 Å². The highest BCUT2D eigenvalue weighted by atomic mass is 35.5. The summed E-state index contributed by atoms with van der Waals surface area (Å²) in [6, 6.07) is 14.4. The monoisotopic (exact) mass is 447 g/mol. The zero-order chi connectivity index (χ0) is 21.7. The van der Waals surface area contributed by atoms with Crippen molar-refractivity contribution in [3.05, 3.63) is 69.7 Å². The van der Waals surface area contributed by atoms with Crippen molar-refractivity contribution in [1.29, 1.82) is 0 Å². The van der Waals surface area contributed by atoms with E-state index in [2.05, 4.69) is 27.7 Å². The number of carbonyl (C=O) groups is 2. The highest BCUT2D eigenvalue weighted by Crippen LogP contribution is 2.21. The zero-order valence-electron chi connectivity index (χ0n) is 17.2. The number of hydrogen-bond acceptors (Lipinski definition) is 3. The van der Waals surface area contributed by atoms with Gasteiger partial charge < -0.3 is 10.6 Å². The van der Waals surface area contributed by atoms with Crippen LogP contribution in [0.4, 0.5) is 0 Å². The number of halogens is 2. The molecule has 1 saturated heterocycles. The molecule has 2 aromatic carbocycles. The van der Waals surface area contributed by atoms with Crippen LogP contribution in [0, 0.1) is 5.92 Å². The minimum absolute atomic E-state index is 0.0677. The second-order valence-corrected chi connectivity index (χ2v) is 8.88. The maximum atomic E-state index is 12.9. The van der Waals surface area contributed by atoms with Gasteiger partial charge in [-0.2, -0.15) is 0 Å². The Bertz CT molecular complexity index is 889. The van der Waals surface area contributed by atoms with Crippen LogP contribution in [-0.4, -0.2) is 41.9 Å². The normalized spacial score (nSPS) is 17.7. The molecule has 1 fully saturated rings. The van der Waals surface area contributed by atoms with Gasteiger partial charge in [0.05, 0.1) is 10.6 Å². The molecule has 0 saturated carbocycles. The Morgan fingerprint density at radius 1 is 1.13 bits per heavy atom. The van der Waals surface area contributed by atoms with Crippen molar-refractivity contribution in [3.8, 4) is 0 Å². The fourth-order valence-electron chi connectivity index (χ4n) is 3.65. The molecule has 5 nitrogen and oxygen atoms in total.